The van der Waals surface area contributed by atoms with Crippen molar-refractivity contribution < 1.29 is 9.66 Å². The van der Waals surface area contributed by atoms with E-state index in [4.69, 9.17) is 10.5 Å². The van der Waals surface area contributed by atoms with E-state index < -0.39 is 4.92 Å². The molecule has 8 nitrogen and oxygen atoms in total. The minimum absolute atomic E-state index is 0.146. The number of nitrogens with two attached hydrogens (primary N) is 1. The maximum absolute atomic E-state index is 11.5. The molecule has 100 valence electrons. The highest BCUT2D eigenvalue weighted by Gasteiger charge is 2.15. The third-order valence-corrected chi connectivity index (χ3v) is 2.59. The highest BCUT2D eigenvalue weighted by molar-refractivity contribution is 5.48. The molecule has 1 aromatic carbocycles. The van der Waals surface area contributed by atoms with Gasteiger partial charge in [-0.05, 0) is 11.6 Å². The monoisotopic (exact) mass is 264 g/mol. The molecule has 0 amide bonds. The van der Waals surface area contributed by atoms with Gasteiger partial charge in [0.2, 0.25) is 0 Å². The van der Waals surface area contributed by atoms with Crippen LogP contribution in [0.15, 0.2) is 29.1 Å². The van der Waals surface area contributed by atoms with Gasteiger partial charge in [-0.3, -0.25) is 20.0 Å². The molecule has 2 rings (SSSR count). The van der Waals surface area contributed by atoms with Gasteiger partial charge < -0.3 is 10.5 Å². The Balaban J connectivity index is 2.36. The molecular weight excluding hydrogens is 252 g/mol. The fraction of sp³-hybridized carbons (Fsp3) is 0.182. The van der Waals surface area contributed by atoms with Crippen molar-refractivity contribution in [3.63, 3.8) is 0 Å². The molecule has 0 saturated heterocycles. The summed E-state index contributed by atoms with van der Waals surface area (Å²) in [5, 5.41) is 13.5. The molecule has 8 heteroatoms. The third kappa shape index (κ3) is 2.57. The molecule has 3 N–H and O–H groups in total. The zero-order valence-corrected chi connectivity index (χ0v) is 10.1. The van der Waals surface area contributed by atoms with Crippen LogP contribution in [0.2, 0.25) is 0 Å². The van der Waals surface area contributed by atoms with Crippen LogP contribution in [0.25, 0.3) is 0 Å². The standard InChI is InChI=1S/C11H12N4O4/c1-19-9-3-2-7(4-8(9)15(17)18)6-14-11(16)5-10(12)13-14/h2-5,13H,6,12H2,1H3. The summed E-state index contributed by atoms with van der Waals surface area (Å²) in [5.41, 5.74) is 5.61. The molecule has 0 spiro atoms. The third-order valence-electron chi connectivity index (χ3n) is 2.59. The Hall–Kier alpha value is -2.77. The van der Waals surface area contributed by atoms with Crippen molar-refractivity contribution in [2.24, 2.45) is 0 Å². The van der Waals surface area contributed by atoms with Crippen LogP contribution in [0.3, 0.4) is 0 Å². The Morgan fingerprint density at radius 3 is 2.74 bits per heavy atom. The molecule has 0 radical (unpaired) electrons. The van der Waals surface area contributed by atoms with Crippen LogP contribution in [0, 0.1) is 10.1 Å². The van der Waals surface area contributed by atoms with Crippen molar-refractivity contribution in [2.45, 2.75) is 6.54 Å². The minimum Gasteiger partial charge on any atom is -0.490 e. The Morgan fingerprint density at radius 1 is 1.47 bits per heavy atom. The predicted octanol–water partition coefficient (Wildman–Crippen LogP) is 0.724. The van der Waals surface area contributed by atoms with Gasteiger partial charge in [-0.2, -0.15) is 0 Å². The number of anilines is 1. The second-order valence-corrected chi connectivity index (χ2v) is 3.90. The molecule has 0 bridgehead atoms. The van der Waals surface area contributed by atoms with Gasteiger partial charge in [0.05, 0.1) is 18.6 Å². The van der Waals surface area contributed by atoms with Gasteiger partial charge in [-0.15, -0.1) is 0 Å². The predicted molar refractivity (Wildman–Crippen MR) is 68.2 cm³/mol. The number of nitrogens with zero attached hydrogens (tertiary/aromatic N) is 2. The lowest BCUT2D eigenvalue weighted by Crippen LogP contribution is -2.16. The van der Waals surface area contributed by atoms with Crippen molar-refractivity contribution in [2.75, 3.05) is 12.8 Å². The zero-order chi connectivity index (χ0) is 14.0. The largest absolute Gasteiger partial charge is 0.490 e. The van der Waals surface area contributed by atoms with E-state index in [1.807, 2.05) is 0 Å². The number of nitro benzene ring substituents is 1. The van der Waals surface area contributed by atoms with Crippen molar-refractivity contribution in [1.29, 1.82) is 0 Å². The summed E-state index contributed by atoms with van der Waals surface area (Å²) < 4.78 is 6.17. The molecule has 0 aliphatic carbocycles. The van der Waals surface area contributed by atoms with E-state index in [9.17, 15) is 14.9 Å². The van der Waals surface area contributed by atoms with Crippen LogP contribution in [0.4, 0.5) is 11.5 Å². The number of methoxy groups -OCH3 is 1. The first-order valence-corrected chi connectivity index (χ1v) is 5.38. The Morgan fingerprint density at radius 2 is 2.21 bits per heavy atom. The number of rotatable bonds is 4. The molecular formula is C11H12N4O4. The molecule has 19 heavy (non-hydrogen) atoms. The van der Waals surface area contributed by atoms with Crippen molar-refractivity contribution in [1.82, 2.24) is 9.78 Å². The summed E-state index contributed by atoms with van der Waals surface area (Å²) >= 11 is 0. The van der Waals surface area contributed by atoms with Crippen LogP contribution >= 0.6 is 0 Å². The highest BCUT2D eigenvalue weighted by Crippen LogP contribution is 2.27. The lowest BCUT2D eigenvalue weighted by molar-refractivity contribution is -0.385. The van der Waals surface area contributed by atoms with Gasteiger partial charge in [0, 0.05) is 12.1 Å². The Labute approximate surface area is 107 Å². The van der Waals surface area contributed by atoms with Crippen LogP contribution in [-0.4, -0.2) is 21.8 Å². The molecule has 0 aliphatic rings. The van der Waals surface area contributed by atoms with E-state index in [1.165, 1.54) is 30.0 Å². The number of nitrogen functional groups attached to an aromatic ring is 1. The molecule has 2 aromatic rings. The topological polar surface area (TPSA) is 116 Å². The molecule has 0 saturated carbocycles. The SMILES string of the molecule is COc1ccc(Cn2[nH]c(N)cc2=O)cc1[N+](=O)[O-]. The van der Waals surface area contributed by atoms with E-state index in [2.05, 4.69) is 5.10 Å². The Bertz CT molecular complexity index is 674. The van der Waals surface area contributed by atoms with Gasteiger partial charge in [0.25, 0.3) is 5.56 Å². The van der Waals surface area contributed by atoms with Crippen LogP contribution in [0.1, 0.15) is 5.56 Å². The number of benzene rings is 1. The van der Waals surface area contributed by atoms with Crippen LogP contribution in [-0.2, 0) is 6.54 Å². The first-order valence-electron chi connectivity index (χ1n) is 5.38. The summed E-state index contributed by atoms with van der Waals surface area (Å²) in [7, 11) is 1.36. The van der Waals surface area contributed by atoms with Crippen LogP contribution < -0.4 is 16.0 Å². The fourth-order valence-electron chi connectivity index (χ4n) is 1.73. The van der Waals surface area contributed by atoms with Gasteiger partial charge in [-0.1, -0.05) is 6.07 Å². The first kappa shape index (κ1) is 12.7. The smallest absolute Gasteiger partial charge is 0.311 e. The molecule has 0 atom stereocenters. The number of aromatic nitrogens is 2. The quantitative estimate of drug-likeness (QED) is 0.623. The first-order chi connectivity index (χ1) is 9.01. The maximum atomic E-state index is 11.5. The minimum atomic E-state index is -0.534. The van der Waals surface area contributed by atoms with E-state index in [0.717, 1.165) is 0 Å². The molecule has 0 unspecified atom stereocenters. The summed E-state index contributed by atoms with van der Waals surface area (Å²) in [6.45, 7) is 0.168. The second kappa shape index (κ2) is 4.84. The van der Waals surface area contributed by atoms with Crippen molar-refractivity contribution >= 4 is 11.5 Å². The highest BCUT2D eigenvalue weighted by atomic mass is 16.6. The van der Waals surface area contributed by atoms with Crippen molar-refractivity contribution in [3.8, 4) is 5.75 Å². The maximum Gasteiger partial charge on any atom is 0.311 e. The van der Waals surface area contributed by atoms with E-state index in [1.54, 1.807) is 6.07 Å². The molecule has 1 aromatic heterocycles. The van der Waals surface area contributed by atoms with Gasteiger partial charge >= 0.3 is 5.69 Å². The summed E-state index contributed by atoms with van der Waals surface area (Å²) in [6.07, 6.45) is 0. The molecule has 1 heterocycles. The number of aromatic amines is 1. The van der Waals surface area contributed by atoms with Gasteiger partial charge in [0.1, 0.15) is 5.82 Å². The lowest BCUT2D eigenvalue weighted by atomic mass is 10.2. The number of hydrogen-bond acceptors (Lipinski definition) is 5. The van der Waals surface area contributed by atoms with E-state index in [0.29, 0.717) is 5.56 Å². The average Bonchev–Trinajstić information content (AvgIpc) is 2.67. The zero-order valence-electron chi connectivity index (χ0n) is 10.1. The van der Waals surface area contributed by atoms with Gasteiger partial charge in [-0.25, -0.2) is 4.68 Å². The number of hydrogen-bond donors (Lipinski definition) is 2. The Kier molecular flexibility index (Phi) is 3.23. The number of nitrogens with one attached hydrogen (secondary N) is 1. The second-order valence-electron chi connectivity index (χ2n) is 3.90. The van der Waals surface area contributed by atoms with Crippen LogP contribution in [0.5, 0.6) is 5.75 Å². The van der Waals surface area contributed by atoms with E-state index >= 15 is 0 Å². The summed E-state index contributed by atoms with van der Waals surface area (Å²) in [6, 6.07) is 5.75. The number of ether oxygens (including phenoxy) is 1. The lowest BCUT2D eigenvalue weighted by Gasteiger charge is -2.05. The summed E-state index contributed by atoms with van der Waals surface area (Å²) in [4.78, 5) is 21.8. The number of H-pyrrole nitrogens is 1. The van der Waals surface area contributed by atoms with Crippen molar-refractivity contribution in [3.05, 3.63) is 50.3 Å². The van der Waals surface area contributed by atoms with E-state index in [-0.39, 0.29) is 29.4 Å². The normalized spacial score (nSPS) is 10.4. The summed E-state index contributed by atoms with van der Waals surface area (Å²) in [5.74, 6) is 0.417. The average molecular weight is 264 g/mol. The molecule has 0 fully saturated rings. The number of nitro groups is 1. The van der Waals surface area contributed by atoms with Gasteiger partial charge in [0.15, 0.2) is 5.75 Å². The molecule has 0 aliphatic heterocycles. The fourth-order valence-corrected chi connectivity index (χ4v) is 1.73.